The molecule has 0 aliphatic carbocycles. The van der Waals surface area contributed by atoms with Gasteiger partial charge in [-0.15, -0.1) is 5.10 Å². The number of hydrogen-bond donors (Lipinski definition) is 0. The summed E-state index contributed by atoms with van der Waals surface area (Å²) >= 11 is 12.3. The van der Waals surface area contributed by atoms with Crippen LogP contribution in [-0.2, 0) is 18.3 Å². The quantitative estimate of drug-likeness (QED) is 0.279. The molecule has 0 bridgehead atoms. The van der Waals surface area contributed by atoms with Crippen molar-refractivity contribution in [2.75, 3.05) is 31.1 Å². The second-order valence-electron chi connectivity index (χ2n) is 10.0. The van der Waals surface area contributed by atoms with E-state index >= 15 is 0 Å². The van der Waals surface area contributed by atoms with Crippen LogP contribution in [0.25, 0.3) is 16.9 Å². The van der Waals surface area contributed by atoms with Crippen LogP contribution in [0.2, 0.25) is 10.2 Å². The number of piperazine rings is 1. The Labute approximate surface area is 251 Å². The highest BCUT2D eigenvalue weighted by molar-refractivity contribution is 6.31. The molecule has 214 valence electrons. The number of hydrogen-bond acceptors (Lipinski definition) is 7. The first-order valence-electron chi connectivity index (χ1n) is 13.4. The van der Waals surface area contributed by atoms with Gasteiger partial charge in [0.2, 0.25) is 11.9 Å². The van der Waals surface area contributed by atoms with E-state index in [0.29, 0.717) is 54.6 Å². The number of nitrogens with zero attached hydrogens (tertiary/aromatic N) is 9. The van der Waals surface area contributed by atoms with Gasteiger partial charge in [-0.1, -0.05) is 58.7 Å². The predicted molar refractivity (Wildman–Crippen MR) is 160 cm³/mol. The van der Waals surface area contributed by atoms with Gasteiger partial charge in [0.1, 0.15) is 6.04 Å². The van der Waals surface area contributed by atoms with E-state index in [9.17, 15) is 9.59 Å². The number of halogens is 2. The minimum absolute atomic E-state index is 0.129. The third-order valence-corrected chi connectivity index (χ3v) is 7.75. The molecule has 3 aromatic heterocycles. The topological polar surface area (TPSA) is 107 Å². The number of imidazole rings is 1. The lowest BCUT2D eigenvalue weighted by molar-refractivity contribution is -0.135. The van der Waals surface area contributed by atoms with Crippen molar-refractivity contribution in [2.45, 2.75) is 12.5 Å². The molecule has 5 aromatic rings. The fourth-order valence-electron chi connectivity index (χ4n) is 5.21. The lowest BCUT2D eigenvalue weighted by atomic mass is 10.0. The summed E-state index contributed by atoms with van der Waals surface area (Å²) in [7, 11) is 1.95. The van der Waals surface area contributed by atoms with Crippen LogP contribution < -0.4 is 10.5 Å². The second kappa shape index (κ2) is 11.8. The van der Waals surface area contributed by atoms with Gasteiger partial charge in [-0.2, -0.15) is 0 Å². The van der Waals surface area contributed by atoms with Gasteiger partial charge in [-0.3, -0.25) is 14.2 Å². The molecule has 1 aliphatic rings. The Bertz CT molecular complexity index is 1780. The van der Waals surface area contributed by atoms with E-state index in [0.717, 1.165) is 11.5 Å². The Morgan fingerprint density at radius 2 is 1.79 bits per heavy atom. The molecule has 4 heterocycles. The maximum Gasteiger partial charge on any atom is 0.254 e. The molecule has 0 N–H and O–H groups in total. The highest BCUT2D eigenvalue weighted by atomic mass is 35.5. The first kappa shape index (κ1) is 27.7. The number of aryl methyl sites for hydroxylation is 1. The van der Waals surface area contributed by atoms with Crippen LogP contribution in [0.1, 0.15) is 11.6 Å². The van der Waals surface area contributed by atoms with E-state index in [1.54, 1.807) is 30.6 Å². The fourth-order valence-corrected chi connectivity index (χ4v) is 5.51. The molecule has 42 heavy (non-hydrogen) atoms. The summed E-state index contributed by atoms with van der Waals surface area (Å²) in [5.74, 6) is 0.739. The highest BCUT2D eigenvalue weighted by Gasteiger charge is 2.30. The smallest absolute Gasteiger partial charge is 0.254 e. The molecule has 1 amide bonds. The number of carbonyl (C=O) groups is 1. The number of carbonyl (C=O) groups excluding carboxylic acids is 1. The molecule has 0 saturated carbocycles. The molecular formula is C29H27Cl2N9O2. The average molecular weight is 605 g/mol. The lowest BCUT2D eigenvalue weighted by Gasteiger charge is -2.37. The van der Waals surface area contributed by atoms with E-state index in [4.69, 9.17) is 23.2 Å². The highest BCUT2D eigenvalue weighted by Crippen LogP contribution is 2.28. The van der Waals surface area contributed by atoms with Gasteiger partial charge < -0.3 is 14.4 Å². The summed E-state index contributed by atoms with van der Waals surface area (Å²) in [6, 6.07) is 15.5. The maximum atomic E-state index is 14.0. The van der Waals surface area contributed by atoms with E-state index in [1.807, 2.05) is 53.0 Å². The minimum atomic E-state index is -0.769. The molecule has 1 fully saturated rings. The summed E-state index contributed by atoms with van der Waals surface area (Å²) in [6.07, 6.45) is 7.00. The third kappa shape index (κ3) is 5.65. The Morgan fingerprint density at radius 1 is 1.00 bits per heavy atom. The van der Waals surface area contributed by atoms with E-state index in [2.05, 4.69) is 25.2 Å². The molecule has 13 heteroatoms. The van der Waals surface area contributed by atoms with Crippen molar-refractivity contribution in [1.82, 2.24) is 39.0 Å². The zero-order valence-corrected chi connectivity index (χ0v) is 24.2. The molecule has 0 unspecified atom stereocenters. The summed E-state index contributed by atoms with van der Waals surface area (Å²) in [5.41, 5.74) is 2.15. The first-order valence-corrected chi connectivity index (χ1v) is 14.1. The van der Waals surface area contributed by atoms with Crippen molar-refractivity contribution >= 4 is 35.1 Å². The third-order valence-electron chi connectivity index (χ3n) is 7.35. The Kier molecular flexibility index (Phi) is 7.77. The summed E-state index contributed by atoms with van der Waals surface area (Å²) in [6.45, 7) is 2.32. The summed E-state index contributed by atoms with van der Waals surface area (Å²) in [4.78, 5) is 40.7. The normalized spacial score (nSPS) is 14.3. The monoisotopic (exact) mass is 603 g/mol. The minimum Gasteiger partial charge on any atom is -0.339 e. The van der Waals surface area contributed by atoms with Crippen molar-refractivity contribution in [3.05, 3.63) is 106 Å². The van der Waals surface area contributed by atoms with Crippen molar-refractivity contribution in [2.24, 2.45) is 7.05 Å². The molecule has 1 aliphatic heterocycles. The predicted octanol–water partition coefficient (Wildman–Crippen LogP) is 3.66. The molecule has 0 radical (unpaired) electrons. The van der Waals surface area contributed by atoms with Crippen molar-refractivity contribution in [3.8, 4) is 16.9 Å². The van der Waals surface area contributed by atoms with Crippen LogP contribution in [-0.4, -0.2) is 71.1 Å². The van der Waals surface area contributed by atoms with Gasteiger partial charge in [0.05, 0.1) is 23.9 Å². The molecule has 11 nitrogen and oxygen atoms in total. The maximum absolute atomic E-state index is 14.0. The summed E-state index contributed by atoms with van der Waals surface area (Å²) < 4.78 is 4.87. The van der Waals surface area contributed by atoms with Crippen molar-refractivity contribution in [3.63, 3.8) is 0 Å². The zero-order valence-electron chi connectivity index (χ0n) is 22.7. The van der Waals surface area contributed by atoms with Crippen molar-refractivity contribution < 1.29 is 4.79 Å². The van der Waals surface area contributed by atoms with Gasteiger partial charge >= 0.3 is 0 Å². The van der Waals surface area contributed by atoms with Crippen LogP contribution in [0.5, 0.6) is 0 Å². The molecular weight excluding hydrogens is 577 g/mol. The van der Waals surface area contributed by atoms with Crippen LogP contribution >= 0.6 is 23.2 Å². The van der Waals surface area contributed by atoms with Gasteiger partial charge in [0.15, 0.2) is 5.15 Å². The van der Waals surface area contributed by atoms with E-state index < -0.39 is 6.04 Å². The van der Waals surface area contributed by atoms with Gasteiger partial charge in [0, 0.05) is 68.7 Å². The number of anilines is 1. The first-order chi connectivity index (χ1) is 20.4. The second-order valence-corrected chi connectivity index (χ2v) is 10.8. The Morgan fingerprint density at radius 3 is 2.45 bits per heavy atom. The number of rotatable bonds is 7. The molecule has 1 atom stereocenters. The fraction of sp³-hybridized carbons (Fsp3) is 0.241. The van der Waals surface area contributed by atoms with E-state index in [1.165, 1.54) is 21.6 Å². The Hall–Kier alpha value is -4.48. The lowest BCUT2D eigenvalue weighted by Crippen LogP contribution is -2.52. The molecule has 6 rings (SSSR count). The molecule has 2 aromatic carbocycles. The van der Waals surface area contributed by atoms with Gasteiger partial charge in [-0.05, 0) is 23.8 Å². The standard InChI is InChI=1S/C29H27Cl2N9O2/c1-36-10-9-32-29(36)38-13-11-37(12-14-38)28(42)25(15-20-5-3-2-4-6-20)39-19-33-23(17-27(39)41)22-16-21(30)7-8-24(22)40-18-26(31)34-35-40/h2-10,16-19,25H,11-15H2,1H3/t25-/m0/s1. The van der Waals surface area contributed by atoms with Crippen LogP contribution in [0.3, 0.4) is 0 Å². The largest absolute Gasteiger partial charge is 0.339 e. The van der Waals surface area contributed by atoms with Crippen LogP contribution in [0.15, 0.2) is 84.3 Å². The molecule has 1 saturated heterocycles. The van der Waals surface area contributed by atoms with E-state index in [-0.39, 0.29) is 16.6 Å². The van der Waals surface area contributed by atoms with Gasteiger partial charge in [-0.25, -0.2) is 14.6 Å². The zero-order chi connectivity index (χ0) is 29.2. The number of aromatic nitrogens is 7. The van der Waals surface area contributed by atoms with Crippen LogP contribution in [0, 0.1) is 0 Å². The SMILES string of the molecule is Cn1ccnc1N1CCN(C(=O)[C@H](Cc2ccccc2)n2cnc(-c3cc(Cl)ccc3-n3cc(Cl)nn3)cc2=O)CC1. The van der Waals surface area contributed by atoms with Gasteiger partial charge in [0.25, 0.3) is 5.56 Å². The summed E-state index contributed by atoms with van der Waals surface area (Å²) in [5, 5.41) is 8.57. The average Bonchev–Trinajstić information content (AvgIpc) is 3.64. The Balaban J connectivity index is 1.31. The number of benzene rings is 2. The van der Waals surface area contributed by atoms with Crippen LogP contribution in [0.4, 0.5) is 5.95 Å². The van der Waals surface area contributed by atoms with Crippen molar-refractivity contribution in [1.29, 1.82) is 0 Å². The number of amides is 1. The molecule has 0 spiro atoms.